The maximum Gasteiger partial charge on any atom is 0.435 e. The Labute approximate surface area is 177 Å². The summed E-state index contributed by atoms with van der Waals surface area (Å²) in [5.41, 5.74) is 0.670. The molecule has 0 bridgehead atoms. The molecular formula is C19H14ClF3N6O2. The van der Waals surface area contributed by atoms with Gasteiger partial charge in [0.1, 0.15) is 11.8 Å². The van der Waals surface area contributed by atoms with Crippen LogP contribution in [0.25, 0.3) is 16.9 Å². The molecule has 0 aliphatic carbocycles. The minimum atomic E-state index is -4.53. The van der Waals surface area contributed by atoms with E-state index >= 15 is 0 Å². The Kier molecular flexibility index (Phi) is 5.13. The van der Waals surface area contributed by atoms with Crippen molar-refractivity contribution < 1.29 is 18.0 Å². The fourth-order valence-corrected chi connectivity index (χ4v) is 3.40. The number of hydrogen-bond donors (Lipinski definition) is 0. The first-order valence-corrected chi connectivity index (χ1v) is 9.35. The molecule has 12 heteroatoms. The summed E-state index contributed by atoms with van der Waals surface area (Å²) >= 11 is 5.86. The van der Waals surface area contributed by atoms with Gasteiger partial charge < -0.3 is 4.79 Å². The first kappa shape index (κ1) is 20.8. The average molecular weight is 451 g/mol. The first-order chi connectivity index (χ1) is 14.7. The van der Waals surface area contributed by atoms with E-state index in [1.165, 1.54) is 26.9 Å². The summed E-state index contributed by atoms with van der Waals surface area (Å²) in [6.07, 6.45) is -2.57. The summed E-state index contributed by atoms with van der Waals surface area (Å²) in [4.78, 5) is 31.7. The Morgan fingerprint density at radius 1 is 1.16 bits per heavy atom. The summed E-state index contributed by atoms with van der Waals surface area (Å²) in [6.45, 7) is 1.48. The zero-order chi connectivity index (χ0) is 22.3. The first-order valence-electron chi connectivity index (χ1n) is 8.97. The van der Waals surface area contributed by atoms with E-state index in [1.54, 1.807) is 24.3 Å². The lowest BCUT2D eigenvalue weighted by Gasteiger charge is -2.07. The highest BCUT2D eigenvalue weighted by atomic mass is 35.5. The van der Waals surface area contributed by atoms with Crippen LogP contribution in [0.2, 0.25) is 5.28 Å². The average Bonchev–Trinajstić information content (AvgIpc) is 3.22. The lowest BCUT2D eigenvalue weighted by Crippen LogP contribution is -2.25. The van der Waals surface area contributed by atoms with Gasteiger partial charge in [0.05, 0.1) is 25.0 Å². The number of hydrogen-bond acceptors (Lipinski definition) is 5. The standard InChI is InChI=1S/C19H14ClF3N6O2/c1-11-8-15(19(21,22)23)26-29(11)13-4-2-12(3-5-13)10-28-16-14(9-24-17(20)25-16)27(6-7-30)18(28)31/h2-5,7-9H,6,10H2,1H3. The van der Waals surface area contributed by atoms with E-state index in [0.29, 0.717) is 28.7 Å². The number of aromatic nitrogens is 6. The number of benzene rings is 1. The third kappa shape index (κ3) is 3.83. The SMILES string of the molecule is Cc1cc(C(F)(F)F)nn1-c1ccc(Cn2c(=O)n(CC=O)c3cnc(Cl)nc32)cc1. The van der Waals surface area contributed by atoms with E-state index in [1.807, 2.05) is 0 Å². The number of halogens is 4. The van der Waals surface area contributed by atoms with Crippen LogP contribution in [0, 0.1) is 6.92 Å². The molecule has 0 atom stereocenters. The van der Waals surface area contributed by atoms with E-state index < -0.39 is 17.6 Å². The van der Waals surface area contributed by atoms with Crippen LogP contribution in [0.15, 0.2) is 41.3 Å². The van der Waals surface area contributed by atoms with Crippen molar-refractivity contribution in [3.05, 3.63) is 69.2 Å². The number of fused-ring (bicyclic) bond motifs is 1. The summed E-state index contributed by atoms with van der Waals surface area (Å²) in [7, 11) is 0. The monoisotopic (exact) mass is 450 g/mol. The minimum Gasteiger partial charge on any atom is -0.301 e. The Morgan fingerprint density at radius 2 is 1.87 bits per heavy atom. The van der Waals surface area contributed by atoms with Crippen molar-refractivity contribution in [1.82, 2.24) is 28.9 Å². The summed E-state index contributed by atoms with van der Waals surface area (Å²) in [5, 5.41) is 3.58. The van der Waals surface area contributed by atoms with Gasteiger partial charge in [-0.15, -0.1) is 0 Å². The number of aldehydes is 1. The van der Waals surface area contributed by atoms with Gasteiger partial charge in [-0.05, 0) is 42.3 Å². The van der Waals surface area contributed by atoms with Crippen LogP contribution in [0.5, 0.6) is 0 Å². The molecule has 4 aromatic rings. The maximum absolute atomic E-state index is 12.9. The van der Waals surface area contributed by atoms with Gasteiger partial charge in [0, 0.05) is 5.69 Å². The van der Waals surface area contributed by atoms with Crippen molar-refractivity contribution in [3.63, 3.8) is 0 Å². The van der Waals surface area contributed by atoms with Crippen LogP contribution in [0.3, 0.4) is 0 Å². The molecule has 1 aromatic carbocycles. The van der Waals surface area contributed by atoms with Crippen molar-refractivity contribution in [2.24, 2.45) is 0 Å². The predicted octanol–water partition coefficient (Wildman–Crippen LogP) is 3.01. The minimum absolute atomic E-state index is 0.0468. The number of imidazole rings is 1. The smallest absolute Gasteiger partial charge is 0.301 e. The highest BCUT2D eigenvalue weighted by molar-refractivity contribution is 6.28. The van der Waals surface area contributed by atoms with Crippen molar-refractivity contribution in [2.75, 3.05) is 0 Å². The Hall–Kier alpha value is -3.47. The molecule has 0 fully saturated rings. The maximum atomic E-state index is 12.9. The molecule has 0 N–H and O–H groups in total. The number of carbonyl (C=O) groups excluding carboxylic acids is 1. The third-order valence-corrected chi connectivity index (χ3v) is 4.87. The van der Waals surface area contributed by atoms with E-state index in [9.17, 15) is 22.8 Å². The van der Waals surface area contributed by atoms with Crippen molar-refractivity contribution >= 4 is 29.1 Å². The third-order valence-electron chi connectivity index (χ3n) is 4.69. The lowest BCUT2D eigenvalue weighted by atomic mass is 10.2. The fourth-order valence-electron chi connectivity index (χ4n) is 3.27. The quantitative estimate of drug-likeness (QED) is 0.344. The van der Waals surface area contributed by atoms with Crippen LogP contribution in [0.1, 0.15) is 17.0 Å². The van der Waals surface area contributed by atoms with Crippen LogP contribution < -0.4 is 5.69 Å². The van der Waals surface area contributed by atoms with Crippen LogP contribution in [-0.4, -0.2) is 35.2 Å². The molecule has 0 aliphatic heterocycles. The highest BCUT2D eigenvalue weighted by Gasteiger charge is 2.34. The van der Waals surface area contributed by atoms with Gasteiger partial charge in [0.15, 0.2) is 11.3 Å². The van der Waals surface area contributed by atoms with Crippen molar-refractivity contribution in [2.45, 2.75) is 26.2 Å². The molecule has 0 aliphatic rings. The number of nitrogens with zero attached hydrogens (tertiary/aromatic N) is 6. The topological polar surface area (TPSA) is 87.6 Å². The number of alkyl halides is 3. The van der Waals surface area contributed by atoms with Crippen LogP contribution in [-0.2, 0) is 24.1 Å². The van der Waals surface area contributed by atoms with Gasteiger partial charge in [-0.25, -0.2) is 14.5 Å². The predicted molar refractivity (Wildman–Crippen MR) is 105 cm³/mol. The van der Waals surface area contributed by atoms with Gasteiger partial charge in [0.25, 0.3) is 0 Å². The van der Waals surface area contributed by atoms with Gasteiger partial charge in [-0.2, -0.15) is 23.3 Å². The van der Waals surface area contributed by atoms with E-state index in [4.69, 9.17) is 11.6 Å². The van der Waals surface area contributed by atoms with E-state index in [-0.39, 0.29) is 24.0 Å². The molecular weight excluding hydrogens is 437 g/mol. The van der Waals surface area contributed by atoms with Gasteiger partial charge in [0.2, 0.25) is 5.28 Å². The van der Waals surface area contributed by atoms with E-state index in [2.05, 4.69) is 15.1 Å². The zero-order valence-electron chi connectivity index (χ0n) is 16.0. The fraction of sp³-hybridized carbons (Fsp3) is 0.211. The van der Waals surface area contributed by atoms with Crippen LogP contribution in [0.4, 0.5) is 13.2 Å². The lowest BCUT2D eigenvalue weighted by molar-refractivity contribution is -0.141. The molecule has 4 rings (SSSR count). The molecule has 0 saturated carbocycles. The van der Waals surface area contributed by atoms with E-state index in [0.717, 1.165) is 6.07 Å². The number of aryl methyl sites for hydroxylation is 1. The molecule has 0 amide bonds. The normalized spacial score (nSPS) is 11.9. The second-order valence-electron chi connectivity index (χ2n) is 6.74. The molecule has 8 nitrogen and oxygen atoms in total. The summed E-state index contributed by atoms with van der Waals surface area (Å²) in [6, 6.07) is 7.52. The molecule has 3 heterocycles. The molecule has 160 valence electrons. The molecule has 0 unspecified atom stereocenters. The van der Waals surface area contributed by atoms with Crippen molar-refractivity contribution in [3.8, 4) is 5.69 Å². The Balaban J connectivity index is 1.69. The summed E-state index contributed by atoms with van der Waals surface area (Å²) in [5.74, 6) is 0. The second kappa shape index (κ2) is 7.65. The molecule has 0 spiro atoms. The molecule has 0 saturated heterocycles. The van der Waals surface area contributed by atoms with Gasteiger partial charge in [-0.3, -0.25) is 9.13 Å². The van der Waals surface area contributed by atoms with Crippen molar-refractivity contribution in [1.29, 1.82) is 0 Å². The zero-order valence-corrected chi connectivity index (χ0v) is 16.7. The van der Waals surface area contributed by atoms with Gasteiger partial charge in [-0.1, -0.05) is 12.1 Å². The second-order valence-corrected chi connectivity index (χ2v) is 7.08. The highest BCUT2D eigenvalue weighted by Crippen LogP contribution is 2.29. The largest absolute Gasteiger partial charge is 0.435 e. The van der Waals surface area contributed by atoms with Crippen LogP contribution >= 0.6 is 11.6 Å². The summed E-state index contributed by atoms with van der Waals surface area (Å²) < 4.78 is 42.5. The number of rotatable bonds is 5. The molecule has 3 aromatic heterocycles. The Bertz CT molecular complexity index is 1340. The molecule has 0 radical (unpaired) electrons. The Morgan fingerprint density at radius 3 is 2.48 bits per heavy atom. The molecule has 31 heavy (non-hydrogen) atoms. The number of carbonyl (C=O) groups is 1. The van der Waals surface area contributed by atoms with Gasteiger partial charge >= 0.3 is 11.9 Å².